The lowest BCUT2D eigenvalue weighted by Crippen LogP contribution is -2.09. The molecule has 0 fully saturated rings. The van der Waals surface area contributed by atoms with Crippen molar-refractivity contribution >= 4 is 10.9 Å². The van der Waals surface area contributed by atoms with E-state index in [2.05, 4.69) is 17.1 Å². The molecular weight excluding hydrogens is 190 g/mol. The number of fused-ring (bicyclic) bond motifs is 1. The van der Waals surface area contributed by atoms with Crippen LogP contribution in [0.5, 0.6) is 5.75 Å². The van der Waals surface area contributed by atoms with Gasteiger partial charge in [0.25, 0.3) is 0 Å². The summed E-state index contributed by atoms with van der Waals surface area (Å²) in [5.74, 6) is 1.12. The van der Waals surface area contributed by atoms with Crippen LogP contribution in [0, 0.1) is 0 Å². The molecule has 0 aliphatic rings. The predicted octanol–water partition coefficient (Wildman–Crippen LogP) is 1.63. The van der Waals surface area contributed by atoms with Gasteiger partial charge in [0.15, 0.2) is 0 Å². The number of methoxy groups -OCH3 is 1. The first-order valence-electron chi connectivity index (χ1n) is 4.98. The third-order valence-electron chi connectivity index (χ3n) is 2.64. The Hall–Kier alpha value is -1.55. The van der Waals surface area contributed by atoms with Gasteiger partial charge in [-0.1, -0.05) is 6.92 Å². The molecule has 0 saturated carbocycles. The van der Waals surface area contributed by atoms with Crippen LogP contribution in [-0.2, 0) is 0 Å². The highest BCUT2D eigenvalue weighted by Crippen LogP contribution is 2.25. The molecule has 1 aromatic carbocycles. The molecule has 4 nitrogen and oxygen atoms in total. The molecule has 2 aromatic rings. The molecule has 1 atom stereocenters. The van der Waals surface area contributed by atoms with Gasteiger partial charge in [-0.15, -0.1) is 0 Å². The van der Waals surface area contributed by atoms with Gasteiger partial charge in [-0.05, 0) is 12.1 Å². The Bertz CT molecular complexity index is 464. The van der Waals surface area contributed by atoms with Crippen molar-refractivity contribution < 1.29 is 4.74 Å². The maximum absolute atomic E-state index is 5.64. The Balaban J connectivity index is 2.52. The van der Waals surface area contributed by atoms with Gasteiger partial charge in [0.05, 0.1) is 12.6 Å². The summed E-state index contributed by atoms with van der Waals surface area (Å²) in [5, 5.41) is 8.39. The Morgan fingerprint density at radius 3 is 3.00 bits per heavy atom. The molecule has 0 amide bonds. The van der Waals surface area contributed by atoms with E-state index >= 15 is 0 Å². The van der Waals surface area contributed by atoms with Gasteiger partial charge < -0.3 is 10.5 Å². The van der Waals surface area contributed by atoms with Gasteiger partial charge >= 0.3 is 0 Å². The van der Waals surface area contributed by atoms with Crippen LogP contribution >= 0.6 is 0 Å². The van der Waals surface area contributed by atoms with Crippen molar-refractivity contribution in [1.82, 2.24) is 10.2 Å². The van der Waals surface area contributed by atoms with Crippen LogP contribution in [-0.4, -0.2) is 23.9 Å². The minimum Gasteiger partial charge on any atom is -0.497 e. The van der Waals surface area contributed by atoms with E-state index in [0.717, 1.165) is 22.3 Å². The monoisotopic (exact) mass is 205 g/mol. The standard InChI is InChI=1S/C11H15N3O/c1-7(6-12)11-9-4-3-8(15-2)5-10(9)13-14-11/h3-5,7H,6,12H2,1-2H3,(H,13,14). The smallest absolute Gasteiger partial charge is 0.121 e. The van der Waals surface area contributed by atoms with Crippen molar-refractivity contribution in [2.24, 2.45) is 5.73 Å². The molecule has 0 spiro atoms. The summed E-state index contributed by atoms with van der Waals surface area (Å²) in [4.78, 5) is 0. The van der Waals surface area contributed by atoms with E-state index in [9.17, 15) is 0 Å². The summed E-state index contributed by atoms with van der Waals surface area (Å²) in [6.07, 6.45) is 0. The van der Waals surface area contributed by atoms with Crippen molar-refractivity contribution in [3.63, 3.8) is 0 Å². The first-order chi connectivity index (χ1) is 7.26. The molecule has 0 aliphatic carbocycles. The topological polar surface area (TPSA) is 63.9 Å². The minimum absolute atomic E-state index is 0.295. The van der Waals surface area contributed by atoms with E-state index < -0.39 is 0 Å². The molecular formula is C11H15N3O. The van der Waals surface area contributed by atoms with Crippen LogP contribution in [0.15, 0.2) is 18.2 Å². The number of aromatic nitrogens is 2. The molecule has 1 heterocycles. The summed E-state index contributed by atoms with van der Waals surface area (Å²) in [7, 11) is 1.65. The molecule has 0 aliphatic heterocycles. The Morgan fingerprint density at radius 1 is 1.53 bits per heavy atom. The van der Waals surface area contributed by atoms with Gasteiger partial charge in [0, 0.05) is 29.6 Å². The lowest BCUT2D eigenvalue weighted by molar-refractivity contribution is 0.415. The molecule has 4 heteroatoms. The van der Waals surface area contributed by atoms with Gasteiger partial charge in [-0.3, -0.25) is 5.10 Å². The third-order valence-corrected chi connectivity index (χ3v) is 2.64. The van der Waals surface area contributed by atoms with Crippen molar-refractivity contribution in [3.8, 4) is 5.75 Å². The second kappa shape index (κ2) is 3.90. The lowest BCUT2D eigenvalue weighted by atomic mass is 10.0. The average Bonchev–Trinajstić information content (AvgIpc) is 2.70. The van der Waals surface area contributed by atoms with Crippen LogP contribution in [0.4, 0.5) is 0 Å². The number of rotatable bonds is 3. The molecule has 0 saturated heterocycles. The van der Waals surface area contributed by atoms with Gasteiger partial charge in [-0.25, -0.2) is 0 Å². The van der Waals surface area contributed by atoms with E-state index in [1.807, 2.05) is 18.2 Å². The van der Waals surface area contributed by atoms with E-state index in [1.165, 1.54) is 0 Å². The maximum Gasteiger partial charge on any atom is 0.121 e. The number of nitrogens with one attached hydrogen (secondary N) is 1. The van der Waals surface area contributed by atoms with Crippen molar-refractivity contribution in [2.45, 2.75) is 12.8 Å². The van der Waals surface area contributed by atoms with Crippen LogP contribution in [0.3, 0.4) is 0 Å². The molecule has 2 rings (SSSR count). The fourth-order valence-corrected chi connectivity index (χ4v) is 1.63. The fraction of sp³-hybridized carbons (Fsp3) is 0.364. The van der Waals surface area contributed by atoms with Crippen molar-refractivity contribution in [3.05, 3.63) is 23.9 Å². The third kappa shape index (κ3) is 1.68. The van der Waals surface area contributed by atoms with Gasteiger partial charge in [0.1, 0.15) is 5.75 Å². The summed E-state index contributed by atoms with van der Waals surface area (Å²) in [6, 6.07) is 5.86. The second-order valence-corrected chi connectivity index (χ2v) is 3.66. The van der Waals surface area contributed by atoms with E-state index in [1.54, 1.807) is 7.11 Å². The van der Waals surface area contributed by atoms with E-state index in [-0.39, 0.29) is 0 Å². The molecule has 0 bridgehead atoms. The Morgan fingerprint density at radius 2 is 2.33 bits per heavy atom. The van der Waals surface area contributed by atoms with Gasteiger partial charge in [-0.2, -0.15) is 5.10 Å². The number of benzene rings is 1. The normalized spacial score (nSPS) is 13.0. The van der Waals surface area contributed by atoms with E-state index in [0.29, 0.717) is 12.5 Å². The largest absolute Gasteiger partial charge is 0.497 e. The van der Waals surface area contributed by atoms with Crippen LogP contribution in [0.1, 0.15) is 18.5 Å². The van der Waals surface area contributed by atoms with Gasteiger partial charge in [0.2, 0.25) is 0 Å². The fourth-order valence-electron chi connectivity index (χ4n) is 1.63. The zero-order valence-corrected chi connectivity index (χ0v) is 8.95. The summed E-state index contributed by atoms with van der Waals surface area (Å²) in [5.41, 5.74) is 7.65. The van der Waals surface area contributed by atoms with Crippen LogP contribution < -0.4 is 10.5 Å². The summed E-state index contributed by atoms with van der Waals surface area (Å²) in [6.45, 7) is 2.69. The first-order valence-corrected chi connectivity index (χ1v) is 4.98. The highest BCUT2D eigenvalue weighted by molar-refractivity contribution is 5.83. The number of H-pyrrole nitrogens is 1. The number of hydrogen-bond donors (Lipinski definition) is 2. The lowest BCUT2D eigenvalue weighted by Gasteiger charge is -2.05. The van der Waals surface area contributed by atoms with Crippen LogP contribution in [0.2, 0.25) is 0 Å². The Kier molecular flexibility index (Phi) is 2.60. The Labute approximate surface area is 88.4 Å². The molecule has 3 N–H and O–H groups in total. The SMILES string of the molecule is COc1ccc2c(C(C)CN)[nH]nc2c1. The molecule has 0 radical (unpaired) electrons. The van der Waals surface area contributed by atoms with Crippen LogP contribution in [0.25, 0.3) is 10.9 Å². The molecule has 1 aromatic heterocycles. The highest BCUT2D eigenvalue weighted by Gasteiger charge is 2.11. The summed E-state index contributed by atoms with van der Waals surface area (Å²) >= 11 is 0. The van der Waals surface area contributed by atoms with Crippen molar-refractivity contribution in [2.75, 3.05) is 13.7 Å². The zero-order valence-electron chi connectivity index (χ0n) is 8.95. The first kappa shape index (κ1) is 9.98. The number of nitrogens with zero attached hydrogens (tertiary/aromatic N) is 1. The zero-order chi connectivity index (χ0) is 10.8. The summed E-state index contributed by atoms with van der Waals surface area (Å²) < 4.78 is 5.14. The molecule has 15 heavy (non-hydrogen) atoms. The van der Waals surface area contributed by atoms with E-state index in [4.69, 9.17) is 10.5 Å². The highest BCUT2D eigenvalue weighted by atomic mass is 16.5. The van der Waals surface area contributed by atoms with Crippen molar-refractivity contribution in [1.29, 1.82) is 0 Å². The quantitative estimate of drug-likeness (QED) is 0.800. The number of hydrogen-bond acceptors (Lipinski definition) is 3. The minimum atomic E-state index is 0.295. The maximum atomic E-state index is 5.64. The number of aromatic amines is 1. The second-order valence-electron chi connectivity index (χ2n) is 3.66. The number of nitrogens with two attached hydrogens (primary N) is 1. The molecule has 80 valence electrons. The number of ether oxygens (including phenoxy) is 1. The average molecular weight is 205 g/mol. The predicted molar refractivity (Wildman–Crippen MR) is 60.1 cm³/mol. The molecule has 1 unspecified atom stereocenters.